The third-order valence-electron chi connectivity index (χ3n) is 1.43. The molecular weight excluding hydrogens is 174 g/mol. The number of carbonyl (C=O) groups excluding carboxylic acids is 2. The lowest BCUT2D eigenvalue weighted by molar-refractivity contribution is -0.109. The number of hydrogen-bond acceptors (Lipinski definition) is 3. The van der Waals surface area contributed by atoms with Crippen LogP contribution in [0, 0.1) is 0 Å². The van der Waals surface area contributed by atoms with Crippen LogP contribution < -0.4 is 5.32 Å². The van der Waals surface area contributed by atoms with E-state index in [4.69, 9.17) is 0 Å². The maximum absolute atomic E-state index is 10.4. The van der Waals surface area contributed by atoms with Crippen LogP contribution in [0.25, 0.3) is 0 Å². The number of rotatable bonds is 5. The van der Waals surface area contributed by atoms with Crippen LogP contribution >= 0.6 is 11.3 Å². The number of hydrogen-bond donors (Lipinski definition) is 1. The van der Waals surface area contributed by atoms with E-state index in [0.29, 0.717) is 13.0 Å². The summed E-state index contributed by atoms with van der Waals surface area (Å²) in [5, 5.41) is 4.34. The van der Waals surface area contributed by atoms with Crippen LogP contribution in [0.15, 0.2) is 17.5 Å². The van der Waals surface area contributed by atoms with E-state index in [9.17, 15) is 9.59 Å². The summed E-state index contributed by atoms with van der Waals surface area (Å²) in [5.74, 6) is -0.324. The van der Waals surface area contributed by atoms with Crippen molar-refractivity contribution >= 4 is 24.0 Å². The van der Waals surface area contributed by atoms with E-state index in [1.807, 2.05) is 23.8 Å². The predicted molar refractivity (Wildman–Crippen MR) is 46.8 cm³/mol. The average Bonchev–Trinajstić information content (AvgIpc) is 2.59. The molecule has 0 aliphatic heterocycles. The molecule has 63 valence electrons. The summed E-state index contributed by atoms with van der Waals surface area (Å²) in [6, 6.07) is 3.72. The molecule has 0 bridgehead atoms. The molecule has 4 heteroatoms. The highest BCUT2D eigenvalue weighted by atomic mass is 32.1. The van der Waals surface area contributed by atoms with E-state index < -0.39 is 0 Å². The Hall–Kier alpha value is -1.16. The first-order valence-corrected chi connectivity index (χ1v) is 4.34. The van der Waals surface area contributed by atoms with Crippen LogP contribution in [0.3, 0.4) is 0 Å². The lowest BCUT2D eigenvalue weighted by Crippen LogP contribution is -2.20. The van der Waals surface area contributed by atoms with Gasteiger partial charge in [0.15, 0.2) is 0 Å². The Morgan fingerprint density at radius 2 is 2.58 bits per heavy atom. The molecule has 1 radical (unpaired) electrons. The first-order chi connectivity index (χ1) is 5.88. The molecule has 0 saturated carbocycles. The molecule has 1 rings (SSSR count). The van der Waals surface area contributed by atoms with Gasteiger partial charge in [0.2, 0.25) is 12.7 Å². The monoisotopic (exact) mass is 182 g/mol. The summed E-state index contributed by atoms with van der Waals surface area (Å²) < 4.78 is 0. The van der Waals surface area contributed by atoms with Crippen molar-refractivity contribution in [3.05, 3.63) is 22.4 Å². The van der Waals surface area contributed by atoms with Gasteiger partial charge in [-0.05, 0) is 11.4 Å². The highest BCUT2D eigenvalue weighted by molar-refractivity contribution is 7.10. The Labute approximate surface area is 74.4 Å². The largest absolute Gasteiger partial charge is 0.358 e. The Balaban J connectivity index is 2.56. The molecule has 1 N–H and O–H groups in total. The van der Waals surface area contributed by atoms with E-state index >= 15 is 0 Å². The quantitative estimate of drug-likeness (QED) is 0.681. The summed E-state index contributed by atoms with van der Waals surface area (Å²) in [7, 11) is 0. The molecule has 0 fully saturated rings. The van der Waals surface area contributed by atoms with Crippen molar-refractivity contribution in [2.75, 3.05) is 6.54 Å². The predicted octanol–water partition coefficient (Wildman–Crippen LogP) is 0.687. The maximum atomic E-state index is 10.4. The fraction of sp³-hybridized carbons (Fsp3) is 0.250. The number of nitrogens with one attached hydrogen (secondary N) is 1. The minimum Gasteiger partial charge on any atom is -0.358 e. The molecule has 0 aromatic carbocycles. The first kappa shape index (κ1) is 8.93. The molecule has 0 saturated heterocycles. The fourth-order valence-corrected chi connectivity index (χ4v) is 1.62. The standard InChI is InChI=1S/C8H8NO2S/c10-5-7(4-9-6-11)8-2-1-3-12-8/h1-3,6-7H,4H2,(H,9,11). The third-order valence-corrected chi connectivity index (χ3v) is 2.42. The van der Waals surface area contributed by atoms with Crippen LogP contribution in [0.4, 0.5) is 0 Å². The first-order valence-electron chi connectivity index (χ1n) is 3.46. The fourth-order valence-electron chi connectivity index (χ4n) is 0.856. The smallest absolute Gasteiger partial charge is 0.209 e. The van der Waals surface area contributed by atoms with Crippen LogP contribution in [0.1, 0.15) is 10.8 Å². The van der Waals surface area contributed by atoms with Crippen molar-refractivity contribution in [3.8, 4) is 0 Å². The van der Waals surface area contributed by atoms with E-state index in [2.05, 4.69) is 5.32 Å². The van der Waals surface area contributed by atoms with Gasteiger partial charge in [0, 0.05) is 11.4 Å². The van der Waals surface area contributed by atoms with Gasteiger partial charge in [-0.3, -0.25) is 9.59 Å². The molecule has 1 atom stereocenters. The van der Waals surface area contributed by atoms with Gasteiger partial charge in [-0.15, -0.1) is 11.3 Å². The van der Waals surface area contributed by atoms with Crippen LogP contribution in [0.5, 0.6) is 0 Å². The van der Waals surface area contributed by atoms with E-state index in [0.717, 1.165) is 4.88 Å². The lowest BCUT2D eigenvalue weighted by Gasteiger charge is -2.04. The minimum absolute atomic E-state index is 0.324. The van der Waals surface area contributed by atoms with Gasteiger partial charge < -0.3 is 5.32 Å². The molecule has 1 heterocycles. The molecule has 0 aliphatic carbocycles. The van der Waals surface area contributed by atoms with Crippen molar-refractivity contribution in [1.29, 1.82) is 0 Å². The molecule has 1 amide bonds. The van der Waals surface area contributed by atoms with Crippen LogP contribution in [0.2, 0.25) is 0 Å². The number of carbonyl (C=O) groups is 1. The summed E-state index contributed by atoms with van der Waals surface area (Å²) >= 11 is 1.49. The number of amides is 1. The maximum Gasteiger partial charge on any atom is 0.209 e. The van der Waals surface area contributed by atoms with Gasteiger partial charge >= 0.3 is 0 Å². The topological polar surface area (TPSA) is 46.2 Å². The Morgan fingerprint density at radius 3 is 3.08 bits per heavy atom. The molecule has 1 aromatic heterocycles. The highest BCUT2D eigenvalue weighted by Crippen LogP contribution is 2.18. The Kier molecular flexibility index (Phi) is 3.47. The van der Waals surface area contributed by atoms with E-state index in [1.54, 1.807) is 0 Å². The van der Waals surface area contributed by atoms with Gasteiger partial charge in [-0.2, -0.15) is 0 Å². The highest BCUT2D eigenvalue weighted by Gasteiger charge is 2.10. The molecule has 12 heavy (non-hydrogen) atoms. The Bertz CT molecular complexity index is 246. The van der Waals surface area contributed by atoms with Crippen molar-refractivity contribution in [2.45, 2.75) is 5.92 Å². The molecule has 1 unspecified atom stereocenters. The van der Waals surface area contributed by atoms with Crippen LogP contribution in [-0.4, -0.2) is 19.2 Å². The van der Waals surface area contributed by atoms with Crippen molar-refractivity contribution in [3.63, 3.8) is 0 Å². The lowest BCUT2D eigenvalue weighted by atomic mass is 10.1. The van der Waals surface area contributed by atoms with Crippen molar-refractivity contribution < 1.29 is 9.59 Å². The van der Waals surface area contributed by atoms with Gasteiger partial charge in [-0.1, -0.05) is 6.07 Å². The van der Waals surface area contributed by atoms with Gasteiger partial charge in [0.25, 0.3) is 0 Å². The van der Waals surface area contributed by atoms with E-state index in [1.165, 1.54) is 11.3 Å². The summed E-state index contributed by atoms with van der Waals surface area (Å²) in [4.78, 5) is 21.3. The molecule has 0 aliphatic rings. The minimum atomic E-state index is -0.324. The third kappa shape index (κ3) is 2.17. The normalized spacial score (nSPS) is 12.0. The number of thiophene rings is 1. The zero-order valence-electron chi connectivity index (χ0n) is 6.32. The van der Waals surface area contributed by atoms with Crippen molar-refractivity contribution in [1.82, 2.24) is 5.32 Å². The molecule has 0 spiro atoms. The van der Waals surface area contributed by atoms with Gasteiger partial charge in [-0.25, -0.2) is 0 Å². The molecule has 1 aromatic rings. The summed E-state index contributed by atoms with van der Waals surface area (Å²) in [6.45, 7) is 0.327. The van der Waals surface area contributed by atoms with Crippen LogP contribution in [-0.2, 0) is 9.59 Å². The van der Waals surface area contributed by atoms with Crippen molar-refractivity contribution in [2.24, 2.45) is 0 Å². The average molecular weight is 182 g/mol. The Morgan fingerprint density at radius 1 is 1.75 bits per heavy atom. The zero-order chi connectivity index (χ0) is 8.81. The zero-order valence-corrected chi connectivity index (χ0v) is 7.14. The molecular formula is C8H8NO2S. The van der Waals surface area contributed by atoms with Gasteiger partial charge in [0.05, 0.1) is 5.92 Å². The van der Waals surface area contributed by atoms with E-state index in [-0.39, 0.29) is 5.92 Å². The second-order valence-electron chi connectivity index (χ2n) is 2.21. The summed E-state index contributed by atoms with van der Waals surface area (Å²) in [6.07, 6.45) is 2.46. The van der Waals surface area contributed by atoms with Gasteiger partial charge in [0.1, 0.15) is 0 Å². The summed E-state index contributed by atoms with van der Waals surface area (Å²) in [5.41, 5.74) is 0. The molecule has 3 nitrogen and oxygen atoms in total. The SMILES string of the molecule is O=[C]C(CNC=O)c1cccs1. The second-order valence-corrected chi connectivity index (χ2v) is 3.19. The second kappa shape index (κ2) is 4.66.